The van der Waals surface area contributed by atoms with Crippen molar-refractivity contribution < 1.29 is 14.3 Å². The maximum Gasteiger partial charge on any atom is 0.231 e. The number of ketones is 1. The normalized spacial score (nSPS) is 16.5. The minimum atomic E-state index is -0.0674. The van der Waals surface area contributed by atoms with Crippen molar-refractivity contribution in [1.82, 2.24) is 4.90 Å². The van der Waals surface area contributed by atoms with E-state index in [9.17, 15) is 4.79 Å². The van der Waals surface area contributed by atoms with Gasteiger partial charge in [-0.1, -0.05) is 54.6 Å². The molecular formula is C27H25NO3. The van der Waals surface area contributed by atoms with Crippen LogP contribution in [-0.2, 0) is 13.0 Å². The van der Waals surface area contributed by atoms with Crippen molar-refractivity contribution >= 4 is 11.9 Å². The van der Waals surface area contributed by atoms with Gasteiger partial charge in [0.05, 0.1) is 11.1 Å². The summed E-state index contributed by atoms with van der Waals surface area (Å²) in [6.45, 7) is 4.23. The molecule has 0 amide bonds. The molecule has 2 aliphatic rings. The van der Waals surface area contributed by atoms with Gasteiger partial charge in [0, 0.05) is 13.1 Å². The van der Waals surface area contributed by atoms with Crippen molar-refractivity contribution in [3.8, 4) is 11.5 Å². The summed E-state index contributed by atoms with van der Waals surface area (Å²) in [7, 11) is 0. The molecule has 0 aromatic heterocycles. The number of benzene rings is 3. The van der Waals surface area contributed by atoms with Crippen molar-refractivity contribution in [1.29, 1.82) is 0 Å². The second-order valence-electron chi connectivity index (χ2n) is 8.13. The van der Waals surface area contributed by atoms with Crippen LogP contribution in [0.4, 0.5) is 0 Å². The van der Waals surface area contributed by atoms with Gasteiger partial charge in [-0.15, -0.1) is 0 Å². The Morgan fingerprint density at radius 3 is 2.65 bits per heavy atom. The third-order valence-electron chi connectivity index (χ3n) is 5.94. The number of aryl methyl sites for hydroxylation is 2. The molecule has 2 heterocycles. The number of rotatable bonds is 5. The average molecular weight is 412 g/mol. The Hall–Kier alpha value is -3.37. The summed E-state index contributed by atoms with van der Waals surface area (Å²) in [5, 5.41) is 0. The number of carbonyl (C=O) groups is 1. The van der Waals surface area contributed by atoms with Gasteiger partial charge in [0.1, 0.15) is 18.2 Å². The molecule has 0 atom stereocenters. The SMILES string of the molecule is Cc1ccccc1/C=C1\Oc2c(ccc3c2CN(CCCc2ccccc2)CO3)C1=O. The number of fused-ring (bicyclic) bond motifs is 3. The van der Waals surface area contributed by atoms with Crippen LogP contribution in [-0.4, -0.2) is 24.0 Å². The second kappa shape index (κ2) is 8.40. The van der Waals surface area contributed by atoms with Crippen molar-refractivity contribution in [2.75, 3.05) is 13.3 Å². The first-order valence-electron chi connectivity index (χ1n) is 10.7. The van der Waals surface area contributed by atoms with Crippen LogP contribution in [0.1, 0.15) is 39.0 Å². The van der Waals surface area contributed by atoms with Crippen LogP contribution in [0.5, 0.6) is 11.5 Å². The maximum absolute atomic E-state index is 13.0. The van der Waals surface area contributed by atoms with Crippen molar-refractivity contribution in [2.24, 2.45) is 0 Å². The molecule has 0 aliphatic carbocycles. The highest BCUT2D eigenvalue weighted by Gasteiger charge is 2.33. The number of hydrogen-bond donors (Lipinski definition) is 0. The molecule has 3 aromatic rings. The van der Waals surface area contributed by atoms with Crippen LogP contribution >= 0.6 is 0 Å². The Balaban J connectivity index is 1.33. The molecule has 0 unspecified atom stereocenters. The zero-order valence-electron chi connectivity index (χ0n) is 17.6. The van der Waals surface area contributed by atoms with Crippen molar-refractivity contribution in [2.45, 2.75) is 26.3 Å². The molecule has 0 fully saturated rings. The Labute approximate surface area is 182 Å². The lowest BCUT2D eigenvalue weighted by Gasteiger charge is -2.29. The Morgan fingerprint density at radius 2 is 1.81 bits per heavy atom. The van der Waals surface area contributed by atoms with E-state index < -0.39 is 0 Å². The highest BCUT2D eigenvalue weighted by Crippen LogP contribution is 2.42. The van der Waals surface area contributed by atoms with E-state index >= 15 is 0 Å². The first-order valence-corrected chi connectivity index (χ1v) is 10.7. The van der Waals surface area contributed by atoms with Gasteiger partial charge in [-0.3, -0.25) is 9.69 Å². The fraction of sp³-hybridized carbons (Fsp3) is 0.222. The molecule has 0 spiro atoms. The zero-order valence-corrected chi connectivity index (χ0v) is 17.6. The molecule has 3 aromatic carbocycles. The summed E-state index contributed by atoms with van der Waals surface area (Å²) in [6.07, 6.45) is 3.93. The lowest BCUT2D eigenvalue weighted by Crippen LogP contribution is -2.33. The number of allylic oxidation sites excluding steroid dienone is 1. The monoisotopic (exact) mass is 411 g/mol. The third-order valence-corrected chi connectivity index (χ3v) is 5.94. The highest BCUT2D eigenvalue weighted by atomic mass is 16.5. The molecule has 0 bridgehead atoms. The first kappa shape index (κ1) is 19.6. The minimum absolute atomic E-state index is 0.0674. The molecule has 0 N–H and O–H groups in total. The molecule has 5 rings (SSSR count). The molecule has 0 saturated carbocycles. The predicted molar refractivity (Wildman–Crippen MR) is 121 cm³/mol. The van der Waals surface area contributed by atoms with Crippen LogP contribution in [0.2, 0.25) is 0 Å². The van der Waals surface area contributed by atoms with Crippen molar-refractivity contribution in [3.05, 3.63) is 100 Å². The first-order chi connectivity index (χ1) is 15.2. The summed E-state index contributed by atoms with van der Waals surface area (Å²) >= 11 is 0. The molecule has 0 radical (unpaired) electrons. The number of Topliss-reactive ketones (excluding diaryl/α,β-unsaturated/α-hetero) is 1. The smallest absolute Gasteiger partial charge is 0.231 e. The molecule has 4 heteroatoms. The Bertz CT molecular complexity index is 1150. The van der Waals surface area contributed by atoms with Crippen LogP contribution in [0.3, 0.4) is 0 Å². The van der Waals surface area contributed by atoms with Crippen LogP contribution < -0.4 is 9.47 Å². The largest absolute Gasteiger partial charge is 0.478 e. The van der Waals surface area contributed by atoms with Crippen molar-refractivity contribution in [3.63, 3.8) is 0 Å². The summed E-state index contributed by atoms with van der Waals surface area (Å²) in [5.74, 6) is 1.76. The second-order valence-corrected chi connectivity index (χ2v) is 8.13. The summed E-state index contributed by atoms with van der Waals surface area (Å²) < 4.78 is 12.1. The average Bonchev–Trinajstić information content (AvgIpc) is 3.12. The third kappa shape index (κ3) is 3.99. The van der Waals surface area contributed by atoms with Gasteiger partial charge >= 0.3 is 0 Å². The number of hydrogen-bond acceptors (Lipinski definition) is 4. The van der Waals surface area contributed by atoms with Gasteiger partial charge in [-0.05, 0) is 54.7 Å². The standard InChI is InChI=1S/C27H25NO3/c1-19-8-5-6-12-21(19)16-25-26(29)22-13-14-24-23(27(22)31-25)17-28(18-30-24)15-7-11-20-9-3-2-4-10-20/h2-6,8-10,12-14,16H,7,11,15,17-18H2,1H3/b25-16-. The molecule has 2 aliphatic heterocycles. The Morgan fingerprint density at radius 1 is 1.00 bits per heavy atom. The fourth-order valence-corrected chi connectivity index (χ4v) is 4.19. The van der Waals surface area contributed by atoms with E-state index in [1.54, 1.807) is 0 Å². The quantitative estimate of drug-likeness (QED) is 0.527. The fourth-order valence-electron chi connectivity index (χ4n) is 4.19. The predicted octanol–water partition coefficient (Wildman–Crippen LogP) is 5.40. The highest BCUT2D eigenvalue weighted by molar-refractivity contribution is 6.15. The van der Waals surface area contributed by atoms with E-state index in [0.29, 0.717) is 23.8 Å². The van der Waals surface area contributed by atoms with E-state index in [0.717, 1.165) is 48.4 Å². The van der Waals surface area contributed by atoms with Crippen LogP contribution in [0, 0.1) is 6.92 Å². The number of nitrogens with zero attached hydrogens (tertiary/aromatic N) is 1. The molecule has 31 heavy (non-hydrogen) atoms. The van der Waals surface area contributed by atoms with E-state index in [2.05, 4.69) is 29.2 Å². The van der Waals surface area contributed by atoms with E-state index in [1.807, 2.05) is 55.5 Å². The van der Waals surface area contributed by atoms with Gasteiger partial charge in [0.2, 0.25) is 5.78 Å². The molecule has 156 valence electrons. The maximum atomic E-state index is 13.0. The summed E-state index contributed by atoms with van der Waals surface area (Å²) in [6, 6.07) is 22.2. The lowest BCUT2D eigenvalue weighted by molar-refractivity contribution is 0.0928. The topological polar surface area (TPSA) is 38.8 Å². The van der Waals surface area contributed by atoms with E-state index in [4.69, 9.17) is 9.47 Å². The van der Waals surface area contributed by atoms with Crippen LogP contribution in [0.25, 0.3) is 6.08 Å². The lowest BCUT2D eigenvalue weighted by atomic mass is 10.0. The van der Waals surface area contributed by atoms with Gasteiger partial charge in [0.15, 0.2) is 5.76 Å². The summed E-state index contributed by atoms with van der Waals surface area (Å²) in [4.78, 5) is 15.2. The zero-order chi connectivity index (χ0) is 21.2. The van der Waals surface area contributed by atoms with Gasteiger partial charge in [0.25, 0.3) is 0 Å². The molecule has 4 nitrogen and oxygen atoms in total. The van der Waals surface area contributed by atoms with Crippen LogP contribution in [0.15, 0.2) is 72.5 Å². The Kier molecular flexibility index (Phi) is 5.31. The van der Waals surface area contributed by atoms with Gasteiger partial charge in [-0.25, -0.2) is 0 Å². The van der Waals surface area contributed by atoms with E-state index in [-0.39, 0.29) is 5.78 Å². The number of ether oxygens (including phenoxy) is 2. The van der Waals surface area contributed by atoms with Gasteiger partial charge < -0.3 is 9.47 Å². The van der Waals surface area contributed by atoms with Gasteiger partial charge in [-0.2, -0.15) is 0 Å². The minimum Gasteiger partial charge on any atom is -0.478 e. The van der Waals surface area contributed by atoms with E-state index in [1.165, 1.54) is 5.56 Å². The number of carbonyl (C=O) groups excluding carboxylic acids is 1. The molecule has 0 saturated heterocycles. The summed E-state index contributed by atoms with van der Waals surface area (Å²) in [5.41, 5.74) is 5.03. The molecular weight excluding hydrogens is 386 g/mol.